The van der Waals surface area contributed by atoms with Crippen LogP contribution in [0.1, 0.15) is 6.42 Å². The van der Waals surface area contributed by atoms with Gasteiger partial charge >= 0.3 is 6.03 Å². The summed E-state index contributed by atoms with van der Waals surface area (Å²) in [6, 6.07) is -0.687. The number of sulfone groups is 1. The lowest BCUT2D eigenvalue weighted by Gasteiger charge is -2.25. The van der Waals surface area contributed by atoms with Crippen LogP contribution < -0.4 is 0 Å². The molecule has 7 heteroatoms. The van der Waals surface area contributed by atoms with Gasteiger partial charge in [-0.25, -0.2) is 18.2 Å². The molecule has 0 spiro atoms. The van der Waals surface area contributed by atoms with Crippen LogP contribution in [-0.4, -0.2) is 53.0 Å². The summed E-state index contributed by atoms with van der Waals surface area (Å²) in [6.45, 7) is 0.0944. The number of carbonyl (C=O) groups is 1. The van der Waals surface area contributed by atoms with Crippen LogP contribution in [0.2, 0.25) is 0 Å². The second kappa shape index (κ2) is 4.82. The number of terminal acetylenes is 1. The van der Waals surface area contributed by atoms with Crippen molar-refractivity contribution in [1.29, 1.82) is 0 Å². The van der Waals surface area contributed by atoms with Crippen molar-refractivity contribution in [2.24, 2.45) is 0 Å². The molecule has 1 aliphatic heterocycles. The Morgan fingerprint density at radius 2 is 2.39 bits per heavy atom. The molecular formula is C11H13N3O3S. The molecule has 2 heterocycles. The first-order valence-corrected chi connectivity index (χ1v) is 7.28. The van der Waals surface area contributed by atoms with Gasteiger partial charge in [0.25, 0.3) is 0 Å². The standard InChI is InChI=1S/C11H13N3O3S/c1-2-5-14(10-3-7-18(16,17)8-10)11(15)13-6-4-12-9-13/h1,4,6,9-10H,3,5,7-8H2. The number of imidazole rings is 1. The summed E-state index contributed by atoms with van der Waals surface area (Å²) in [7, 11) is -3.05. The SMILES string of the molecule is C#CCN(C(=O)n1ccnc1)C1CCS(=O)(=O)C1. The number of rotatable bonds is 2. The molecule has 1 amide bonds. The fraction of sp³-hybridized carbons (Fsp3) is 0.455. The number of aromatic nitrogens is 2. The average Bonchev–Trinajstić information content (AvgIpc) is 2.94. The van der Waals surface area contributed by atoms with E-state index in [1.165, 1.54) is 28.2 Å². The second-order valence-corrected chi connectivity index (χ2v) is 6.37. The zero-order valence-corrected chi connectivity index (χ0v) is 10.5. The van der Waals surface area contributed by atoms with Gasteiger partial charge < -0.3 is 4.90 Å². The molecular weight excluding hydrogens is 254 g/mol. The number of nitrogens with zero attached hydrogens (tertiary/aromatic N) is 3. The van der Waals surface area contributed by atoms with Crippen LogP contribution in [0.4, 0.5) is 4.79 Å². The molecule has 0 aliphatic carbocycles. The molecule has 1 atom stereocenters. The van der Waals surface area contributed by atoms with Crippen LogP contribution in [-0.2, 0) is 9.84 Å². The molecule has 1 aromatic heterocycles. The molecule has 0 aromatic carbocycles. The highest BCUT2D eigenvalue weighted by Gasteiger charge is 2.34. The van der Waals surface area contributed by atoms with Crippen molar-refractivity contribution in [2.75, 3.05) is 18.1 Å². The minimum Gasteiger partial charge on any atom is -0.309 e. The number of hydrogen-bond donors (Lipinski definition) is 0. The Balaban J connectivity index is 2.19. The van der Waals surface area contributed by atoms with E-state index in [0.717, 1.165) is 0 Å². The van der Waals surface area contributed by atoms with Crippen molar-refractivity contribution in [3.63, 3.8) is 0 Å². The van der Waals surface area contributed by atoms with Crippen LogP contribution in [0.5, 0.6) is 0 Å². The Morgan fingerprint density at radius 1 is 1.61 bits per heavy atom. The molecule has 1 saturated heterocycles. The van der Waals surface area contributed by atoms with Gasteiger partial charge in [-0.1, -0.05) is 5.92 Å². The molecule has 0 radical (unpaired) electrons. The highest BCUT2D eigenvalue weighted by Crippen LogP contribution is 2.18. The molecule has 18 heavy (non-hydrogen) atoms. The maximum Gasteiger partial charge on any atom is 0.330 e. The minimum absolute atomic E-state index is 0.0187. The fourth-order valence-electron chi connectivity index (χ4n) is 1.99. The van der Waals surface area contributed by atoms with Crippen LogP contribution in [0.15, 0.2) is 18.7 Å². The van der Waals surface area contributed by atoms with E-state index in [0.29, 0.717) is 6.42 Å². The van der Waals surface area contributed by atoms with E-state index in [9.17, 15) is 13.2 Å². The van der Waals surface area contributed by atoms with E-state index < -0.39 is 9.84 Å². The summed E-state index contributed by atoms with van der Waals surface area (Å²) in [5.74, 6) is 2.48. The van der Waals surface area contributed by atoms with Crippen molar-refractivity contribution < 1.29 is 13.2 Å². The Labute approximate surface area is 106 Å². The Kier molecular flexibility index (Phi) is 3.39. The topological polar surface area (TPSA) is 72.3 Å². The van der Waals surface area contributed by atoms with Gasteiger partial charge in [-0.3, -0.25) is 4.57 Å². The van der Waals surface area contributed by atoms with Gasteiger partial charge in [-0.05, 0) is 6.42 Å². The van der Waals surface area contributed by atoms with Gasteiger partial charge in [-0.15, -0.1) is 6.42 Å². The van der Waals surface area contributed by atoms with Gasteiger partial charge in [0.15, 0.2) is 9.84 Å². The van der Waals surface area contributed by atoms with E-state index in [4.69, 9.17) is 6.42 Å². The van der Waals surface area contributed by atoms with Gasteiger partial charge in [0.2, 0.25) is 0 Å². The van der Waals surface area contributed by atoms with E-state index in [2.05, 4.69) is 10.9 Å². The average molecular weight is 267 g/mol. The monoisotopic (exact) mass is 267 g/mol. The third-order valence-corrected chi connectivity index (χ3v) is 4.63. The van der Waals surface area contributed by atoms with E-state index >= 15 is 0 Å². The molecule has 0 N–H and O–H groups in total. The third-order valence-electron chi connectivity index (χ3n) is 2.88. The van der Waals surface area contributed by atoms with E-state index in [-0.39, 0.29) is 30.1 Å². The summed E-state index contributed by atoms with van der Waals surface area (Å²) in [5, 5.41) is 0. The first kappa shape index (κ1) is 12.6. The van der Waals surface area contributed by atoms with Crippen molar-refractivity contribution in [3.8, 4) is 12.3 Å². The first-order chi connectivity index (χ1) is 8.53. The summed E-state index contributed by atoms with van der Waals surface area (Å²) in [4.78, 5) is 17.3. The molecule has 1 fully saturated rings. The predicted molar refractivity (Wildman–Crippen MR) is 65.6 cm³/mol. The molecule has 0 bridgehead atoms. The van der Waals surface area contributed by atoms with E-state index in [1.807, 2.05) is 0 Å². The highest BCUT2D eigenvalue weighted by molar-refractivity contribution is 7.91. The quantitative estimate of drug-likeness (QED) is 0.706. The normalized spacial score (nSPS) is 21.4. The maximum absolute atomic E-state index is 12.2. The summed E-state index contributed by atoms with van der Waals surface area (Å²) >= 11 is 0. The molecule has 1 aliphatic rings. The molecule has 96 valence electrons. The molecule has 6 nitrogen and oxygen atoms in total. The van der Waals surface area contributed by atoms with Crippen LogP contribution in [0.25, 0.3) is 0 Å². The molecule has 0 saturated carbocycles. The number of amides is 1. The van der Waals surface area contributed by atoms with Gasteiger partial charge in [0.1, 0.15) is 6.33 Å². The van der Waals surface area contributed by atoms with Crippen molar-refractivity contribution in [3.05, 3.63) is 18.7 Å². The predicted octanol–water partition coefficient (Wildman–Crippen LogP) is -0.0265. The van der Waals surface area contributed by atoms with E-state index in [1.54, 1.807) is 0 Å². The van der Waals surface area contributed by atoms with Crippen LogP contribution >= 0.6 is 0 Å². The summed E-state index contributed by atoms with van der Waals surface area (Å²) in [6.07, 6.45) is 10.0. The molecule has 1 unspecified atom stereocenters. The van der Waals surface area contributed by atoms with Gasteiger partial charge in [-0.2, -0.15) is 0 Å². The largest absolute Gasteiger partial charge is 0.330 e. The Morgan fingerprint density at radius 3 is 2.89 bits per heavy atom. The Hall–Kier alpha value is -1.81. The van der Waals surface area contributed by atoms with Crippen molar-refractivity contribution >= 4 is 15.9 Å². The van der Waals surface area contributed by atoms with Crippen molar-refractivity contribution in [1.82, 2.24) is 14.5 Å². The third kappa shape index (κ3) is 2.54. The minimum atomic E-state index is -3.05. The van der Waals surface area contributed by atoms with Crippen LogP contribution in [0, 0.1) is 12.3 Å². The molecule has 1 aromatic rings. The number of hydrogen-bond acceptors (Lipinski definition) is 4. The smallest absolute Gasteiger partial charge is 0.309 e. The van der Waals surface area contributed by atoms with Crippen LogP contribution in [0.3, 0.4) is 0 Å². The van der Waals surface area contributed by atoms with Gasteiger partial charge in [0, 0.05) is 18.4 Å². The lowest BCUT2D eigenvalue weighted by atomic mass is 10.2. The van der Waals surface area contributed by atoms with Crippen molar-refractivity contribution in [2.45, 2.75) is 12.5 Å². The second-order valence-electron chi connectivity index (χ2n) is 4.14. The number of carbonyl (C=O) groups excluding carboxylic acids is 1. The Bertz CT molecular complexity index is 571. The lowest BCUT2D eigenvalue weighted by molar-refractivity contribution is 0.190. The highest BCUT2D eigenvalue weighted by atomic mass is 32.2. The zero-order chi connectivity index (χ0) is 13.2. The first-order valence-electron chi connectivity index (χ1n) is 5.46. The van der Waals surface area contributed by atoms with Gasteiger partial charge in [0.05, 0.1) is 18.1 Å². The summed E-state index contributed by atoms with van der Waals surface area (Å²) < 4.78 is 24.2. The zero-order valence-electron chi connectivity index (χ0n) is 9.69. The fourth-order valence-corrected chi connectivity index (χ4v) is 3.72. The maximum atomic E-state index is 12.2. The summed E-state index contributed by atoms with van der Waals surface area (Å²) in [5.41, 5.74) is 0. The lowest BCUT2D eigenvalue weighted by Crippen LogP contribution is -2.43. The molecule has 2 rings (SSSR count).